The summed E-state index contributed by atoms with van der Waals surface area (Å²) in [6.07, 6.45) is -1.63. The molecule has 2 N–H and O–H groups in total. The zero-order valence-corrected chi connectivity index (χ0v) is 16.7. The molecule has 0 saturated carbocycles. The van der Waals surface area contributed by atoms with Gasteiger partial charge in [-0.05, 0) is 61.1 Å². The lowest BCUT2D eigenvalue weighted by Gasteiger charge is -2.23. The molecule has 4 amide bonds. The normalized spacial score (nSPS) is 20.6. The molecule has 0 aromatic heterocycles. The van der Waals surface area contributed by atoms with E-state index in [0.717, 1.165) is 47.9 Å². The molecule has 0 bridgehead atoms. The Morgan fingerprint density at radius 1 is 1.13 bits per heavy atom. The molecule has 1 atom stereocenters. The number of nitrogens with one attached hydrogen (secondary N) is 2. The quantitative estimate of drug-likeness (QED) is 0.727. The average molecular weight is 431 g/mol. The molecule has 2 aromatic rings. The third-order valence-corrected chi connectivity index (χ3v) is 5.73. The molecule has 1 saturated heterocycles. The van der Waals surface area contributed by atoms with E-state index >= 15 is 0 Å². The highest BCUT2D eigenvalue weighted by Gasteiger charge is 2.49. The molecule has 31 heavy (non-hydrogen) atoms. The van der Waals surface area contributed by atoms with E-state index < -0.39 is 41.7 Å². The average Bonchev–Trinajstić information content (AvgIpc) is 3.26. The SMILES string of the molecule is C[C@@]1(c2ccc3c(c2)CCC3)NC(=O)N(CC(=O)Nc2cccc(C(F)(F)F)c2)C1=O. The second-order valence-corrected chi connectivity index (χ2v) is 7.91. The molecule has 1 heterocycles. The van der Waals surface area contributed by atoms with Crippen LogP contribution in [0, 0.1) is 0 Å². The number of aryl methyl sites for hydroxylation is 2. The van der Waals surface area contributed by atoms with Crippen molar-refractivity contribution in [3.63, 3.8) is 0 Å². The van der Waals surface area contributed by atoms with Crippen molar-refractivity contribution in [3.8, 4) is 0 Å². The number of alkyl halides is 3. The maximum absolute atomic E-state index is 13.0. The highest BCUT2D eigenvalue weighted by Crippen LogP contribution is 2.33. The minimum atomic E-state index is -4.55. The van der Waals surface area contributed by atoms with Crippen molar-refractivity contribution in [2.75, 3.05) is 11.9 Å². The van der Waals surface area contributed by atoms with Crippen molar-refractivity contribution in [3.05, 3.63) is 64.7 Å². The number of hydrogen-bond acceptors (Lipinski definition) is 3. The Morgan fingerprint density at radius 3 is 2.61 bits per heavy atom. The Bertz CT molecular complexity index is 1080. The standard InChI is InChI=1S/C22H20F3N3O3/c1-21(15-9-8-13-4-2-5-14(13)10-15)19(30)28(20(31)27-21)12-18(29)26-17-7-3-6-16(11-17)22(23,24)25/h3,6-11H,2,4-5,12H2,1H3,(H,26,29)(H,27,31)/t21-/m0/s1. The molecule has 0 unspecified atom stereocenters. The number of hydrogen-bond donors (Lipinski definition) is 2. The predicted molar refractivity (Wildman–Crippen MR) is 106 cm³/mol. The molecular formula is C22H20F3N3O3. The van der Waals surface area contributed by atoms with Gasteiger partial charge in [-0.15, -0.1) is 0 Å². The van der Waals surface area contributed by atoms with Gasteiger partial charge in [-0.1, -0.05) is 24.3 Å². The summed E-state index contributed by atoms with van der Waals surface area (Å²) in [5.74, 6) is -1.37. The fourth-order valence-electron chi connectivity index (χ4n) is 4.04. The van der Waals surface area contributed by atoms with E-state index in [1.54, 1.807) is 13.0 Å². The van der Waals surface area contributed by atoms with Crippen LogP contribution in [0.5, 0.6) is 0 Å². The Hall–Kier alpha value is -3.36. The fourth-order valence-corrected chi connectivity index (χ4v) is 4.04. The number of carbonyl (C=O) groups excluding carboxylic acids is 3. The Labute approximate surface area is 176 Å². The first kappa shape index (κ1) is 20.9. The maximum Gasteiger partial charge on any atom is 0.416 e. The zero-order valence-electron chi connectivity index (χ0n) is 16.7. The van der Waals surface area contributed by atoms with Crippen LogP contribution < -0.4 is 10.6 Å². The van der Waals surface area contributed by atoms with E-state index in [0.29, 0.717) is 5.56 Å². The Kier molecular flexibility index (Phi) is 4.99. The molecule has 9 heteroatoms. The molecule has 1 aliphatic carbocycles. The van der Waals surface area contributed by atoms with Gasteiger partial charge in [0.25, 0.3) is 5.91 Å². The van der Waals surface area contributed by atoms with Crippen LogP contribution in [-0.2, 0) is 34.1 Å². The van der Waals surface area contributed by atoms with Crippen LogP contribution in [0.15, 0.2) is 42.5 Å². The summed E-state index contributed by atoms with van der Waals surface area (Å²) in [6.45, 7) is 0.968. The molecule has 162 valence electrons. The maximum atomic E-state index is 13.0. The number of nitrogens with zero attached hydrogens (tertiary/aromatic N) is 1. The Balaban J connectivity index is 1.49. The van der Waals surface area contributed by atoms with Gasteiger partial charge in [0.1, 0.15) is 12.1 Å². The second kappa shape index (κ2) is 7.40. The number of amides is 4. The minimum absolute atomic E-state index is 0.0757. The van der Waals surface area contributed by atoms with Gasteiger partial charge in [0.05, 0.1) is 5.56 Å². The van der Waals surface area contributed by atoms with Crippen molar-refractivity contribution in [2.45, 2.75) is 37.9 Å². The van der Waals surface area contributed by atoms with Crippen LogP contribution in [0.4, 0.5) is 23.7 Å². The summed E-state index contributed by atoms with van der Waals surface area (Å²) in [5.41, 5.74) is 0.693. The monoisotopic (exact) mass is 431 g/mol. The summed E-state index contributed by atoms with van der Waals surface area (Å²) in [7, 11) is 0. The molecule has 2 aromatic carbocycles. The van der Waals surface area contributed by atoms with Gasteiger partial charge < -0.3 is 10.6 Å². The van der Waals surface area contributed by atoms with Crippen LogP contribution in [-0.4, -0.2) is 29.3 Å². The largest absolute Gasteiger partial charge is 0.416 e. The van der Waals surface area contributed by atoms with Gasteiger partial charge in [0.15, 0.2) is 0 Å². The smallest absolute Gasteiger partial charge is 0.325 e. The van der Waals surface area contributed by atoms with Crippen molar-refractivity contribution in [2.24, 2.45) is 0 Å². The topological polar surface area (TPSA) is 78.5 Å². The molecule has 1 fully saturated rings. The van der Waals surface area contributed by atoms with E-state index in [1.165, 1.54) is 11.6 Å². The summed E-state index contributed by atoms with van der Waals surface area (Å²) in [4.78, 5) is 38.6. The molecule has 6 nitrogen and oxygen atoms in total. The van der Waals surface area contributed by atoms with E-state index in [1.807, 2.05) is 12.1 Å². The van der Waals surface area contributed by atoms with E-state index in [9.17, 15) is 27.6 Å². The lowest BCUT2D eigenvalue weighted by atomic mass is 9.89. The number of halogens is 3. The molecule has 1 aliphatic heterocycles. The summed E-state index contributed by atoms with van der Waals surface area (Å²) >= 11 is 0. The first-order valence-corrected chi connectivity index (χ1v) is 9.81. The summed E-state index contributed by atoms with van der Waals surface area (Å²) < 4.78 is 38.5. The van der Waals surface area contributed by atoms with Crippen molar-refractivity contribution in [1.82, 2.24) is 10.2 Å². The number of anilines is 1. The molecule has 0 spiro atoms. The van der Waals surface area contributed by atoms with Gasteiger partial charge >= 0.3 is 12.2 Å². The number of fused-ring (bicyclic) bond motifs is 1. The van der Waals surface area contributed by atoms with Crippen LogP contribution in [0.3, 0.4) is 0 Å². The van der Waals surface area contributed by atoms with Crippen LogP contribution in [0.2, 0.25) is 0 Å². The number of benzene rings is 2. The molecule has 0 radical (unpaired) electrons. The van der Waals surface area contributed by atoms with Crippen LogP contribution in [0.25, 0.3) is 0 Å². The van der Waals surface area contributed by atoms with Gasteiger partial charge in [0, 0.05) is 5.69 Å². The predicted octanol–water partition coefficient (Wildman–Crippen LogP) is 3.60. The highest BCUT2D eigenvalue weighted by atomic mass is 19.4. The number of rotatable bonds is 4. The summed E-state index contributed by atoms with van der Waals surface area (Å²) in [6, 6.07) is 9.07. The number of carbonyl (C=O) groups is 3. The van der Waals surface area contributed by atoms with Gasteiger partial charge in [-0.3, -0.25) is 14.5 Å². The van der Waals surface area contributed by atoms with E-state index in [-0.39, 0.29) is 5.69 Å². The lowest BCUT2D eigenvalue weighted by Crippen LogP contribution is -2.42. The summed E-state index contributed by atoms with van der Waals surface area (Å²) in [5, 5.41) is 4.96. The highest BCUT2D eigenvalue weighted by molar-refractivity contribution is 6.10. The molecule has 4 rings (SSSR count). The van der Waals surface area contributed by atoms with Crippen LogP contribution >= 0.6 is 0 Å². The second-order valence-electron chi connectivity index (χ2n) is 7.91. The molecule has 2 aliphatic rings. The van der Waals surface area contributed by atoms with Gasteiger partial charge in [-0.25, -0.2) is 4.79 Å². The van der Waals surface area contributed by atoms with Gasteiger partial charge in [0.2, 0.25) is 5.91 Å². The van der Waals surface area contributed by atoms with Crippen molar-refractivity contribution < 1.29 is 27.6 Å². The van der Waals surface area contributed by atoms with Gasteiger partial charge in [-0.2, -0.15) is 13.2 Å². The fraction of sp³-hybridized carbons (Fsp3) is 0.318. The third kappa shape index (κ3) is 3.87. The zero-order chi connectivity index (χ0) is 22.4. The van der Waals surface area contributed by atoms with Crippen LogP contribution in [0.1, 0.15) is 35.6 Å². The molecular weight excluding hydrogens is 411 g/mol. The first-order valence-electron chi connectivity index (χ1n) is 9.81. The van der Waals surface area contributed by atoms with Crippen molar-refractivity contribution in [1.29, 1.82) is 0 Å². The van der Waals surface area contributed by atoms with E-state index in [4.69, 9.17) is 0 Å². The van der Waals surface area contributed by atoms with Crippen molar-refractivity contribution >= 4 is 23.5 Å². The minimum Gasteiger partial charge on any atom is -0.325 e. The third-order valence-electron chi connectivity index (χ3n) is 5.73. The number of imide groups is 1. The lowest BCUT2D eigenvalue weighted by molar-refractivity contribution is -0.137. The Morgan fingerprint density at radius 2 is 1.87 bits per heavy atom. The van der Waals surface area contributed by atoms with E-state index in [2.05, 4.69) is 10.6 Å². The number of urea groups is 1. The first-order chi connectivity index (χ1) is 14.6.